The quantitative estimate of drug-likeness (QED) is 0.762. The lowest BCUT2D eigenvalue weighted by atomic mass is 9.74. The van der Waals surface area contributed by atoms with Gasteiger partial charge in [-0.05, 0) is 35.6 Å². The van der Waals surface area contributed by atoms with Crippen LogP contribution >= 0.6 is 0 Å². The summed E-state index contributed by atoms with van der Waals surface area (Å²) in [4.78, 5) is 37.7. The molecule has 1 heterocycles. The van der Waals surface area contributed by atoms with E-state index in [1.165, 1.54) is 0 Å². The van der Waals surface area contributed by atoms with Crippen LogP contribution in [0.25, 0.3) is 0 Å². The van der Waals surface area contributed by atoms with E-state index in [4.69, 9.17) is 9.47 Å². The Kier molecular flexibility index (Phi) is 4.75. The van der Waals surface area contributed by atoms with E-state index >= 15 is 0 Å². The molecule has 2 aromatic rings. The fourth-order valence-electron chi connectivity index (χ4n) is 3.79. The second-order valence-electron chi connectivity index (χ2n) is 7.04. The van der Waals surface area contributed by atoms with Gasteiger partial charge in [0.15, 0.2) is 28.8 Å². The van der Waals surface area contributed by atoms with Gasteiger partial charge in [-0.2, -0.15) is 0 Å². The Morgan fingerprint density at radius 3 is 2.37 bits per heavy atom. The zero-order valence-electron chi connectivity index (χ0n) is 14.9. The zero-order valence-corrected chi connectivity index (χ0v) is 14.9. The third kappa shape index (κ3) is 3.63. The van der Waals surface area contributed by atoms with Gasteiger partial charge in [0.2, 0.25) is 6.79 Å². The minimum Gasteiger partial charge on any atom is -0.454 e. The highest BCUT2D eigenvalue weighted by Crippen LogP contribution is 2.39. The molecule has 1 saturated carbocycles. The molecule has 1 aliphatic carbocycles. The van der Waals surface area contributed by atoms with Gasteiger partial charge >= 0.3 is 0 Å². The van der Waals surface area contributed by atoms with E-state index in [0.717, 1.165) is 11.1 Å². The summed E-state index contributed by atoms with van der Waals surface area (Å²) in [6, 6.07) is 15.1. The van der Waals surface area contributed by atoms with Gasteiger partial charge in [-0.1, -0.05) is 36.4 Å². The SMILES string of the molecule is O=C(CCc1ccccc1)C1C(=O)CC(c2ccc3c(c2)OCO3)CC1=O. The van der Waals surface area contributed by atoms with Crippen molar-refractivity contribution in [2.75, 3.05) is 6.79 Å². The van der Waals surface area contributed by atoms with Crippen molar-refractivity contribution in [1.82, 2.24) is 0 Å². The number of fused-ring (bicyclic) bond motifs is 1. The van der Waals surface area contributed by atoms with E-state index < -0.39 is 5.92 Å². The van der Waals surface area contributed by atoms with Crippen LogP contribution in [0.3, 0.4) is 0 Å². The van der Waals surface area contributed by atoms with Gasteiger partial charge in [-0.3, -0.25) is 14.4 Å². The minimum absolute atomic E-state index is 0.180. The van der Waals surface area contributed by atoms with Crippen LogP contribution in [-0.2, 0) is 20.8 Å². The maximum Gasteiger partial charge on any atom is 0.231 e. The second kappa shape index (κ2) is 7.35. The predicted molar refractivity (Wildman–Crippen MR) is 97.8 cm³/mol. The molecule has 0 unspecified atom stereocenters. The van der Waals surface area contributed by atoms with E-state index in [2.05, 4.69) is 0 Å². The first-order valence-electron chi connectivity index (χ1n) is 9.13. The van der Waals surface area contributed by atoms with Gasteiger partial charge in [0.05, 0.1) is 0 Å². The maximum absolute atomic E-state index is 12.6. The molecule has 0 bridgehead atoms. The molecule has 0 saturated heterocycles. The highest BCUT2D eigenvalue weighted by Gasteiger charge is 2.40. The van der Waals surface area contributed by atoms with Gasteiger partial charge in [-0.15, -0.1) is 0 Å². The van der Waals surface area contributed by atoms with E-state index in [-0.39, 0.29) is 49.3 Å². The number of rotatable bonds is 5. The summed E-state index contributed by atoms with van der Waals surface area (Å²) >= 11 is 0. The smallest absolute Gasteiger partial charge is 0.231 e. The molecule has 0 N–H and O–H groups in total. The number of Topliss-reactive ketones (excluding diaryl/α,β-unsaturated/α-hetero) is 3. The Labute approximate surface area is 157 Å². The van der Waals surface area contributed by atoms with Crippen LogP contribution < -0.4 is 9.47 Å². The van der Waals surface area contributed by atoms with Crippen molar-refractivity contribution < 1.29 is 23.9 Å². The molecule has 0 atom stereocenters. The topological polar surface area (TPSA) is 69.7 Å². The lowest BCUT2D eigenvalue weighted by molar-refractivity contribution is -0.142. The maximum atomic E-state index is 12.6. The molecule has 5 nitrogen and oxygen atoms in total. The lowest BCUT2D eigenvalue weighted by Gasteiger charge is -2.26. The van der Waals surface area contributed by atoms with Gasteiger partial charge in [0, 0.05) is 19.3 Å². The zero-order chi connectivity index (χ0) is 18.8. The average Bonchev–Trinajstić information content (AvgIpc) is 3.14. The molecular weight excluding hydrogens is 344 g/mol. The molecule has 0 aromatic heterocycles. The van der Waals surface area contributed by atoms with Crippen LogP contribution in [0.5, 0.6) is 11.5 Å². The molecule has 2 aliphatic rings. The number of aryl methyl sites for hydroxylation is 1. The van der Waals surface area contributed by atoms with Crippen molar-refractivity contribution >= 4 is 17.3 Å². The van der Waals surface area contributed by atoms with Crippen molar-refractivity contribution in [2.24, 2.45) is 5.92 Å². The standard InChI is InChI=1S/C22H20O5/c23-17(8-6-14-4-2-1-3-5-14)22-18(24)10-16(11-19(22)25)15-7-9-20-21(12-15)27-13-26-20/h1-5,7,9,12,16,22H,6,8,10-11,13H2. The summed E-state index contributed by atoms with van der Waals surface area (Å²) in [7, 11) is 0. The van der Waals surface area contributed by atoms with Gasteiger partial charge in [-0.25, -0.2) is 0 Å². The molecule has 27 heavy (non-hydrogen) atoms. The predicted octanol–water partition coefficient (Wildman–Crippen LogP) is 3.25. The van der Waals surface area contributed by atoms with Crippen LogP contribution in [-0.4, -0.2) is 24.1 Å². The van der Waals surface area contributed by atoms with Gasteiger partial charge < -0.3 is 9.47 Å². The van der Waals surface area contributed by atoms with E-state index in [1.807, 2.05) is 42.5 Å². The number of ketones is 3. The first kappa shape index (κ1) is 17.5. The van der Waals surface area contributed by atoms with Crippen LogP contribution in [0.1, 0.15) is 36.3 Å². The van der Waals surface area contributed by atoms with E-state index in [9.17, 15) is 14.4 Å². The van der Waals surface area contributed by atoms with Gasteiger partial charge in [0.25, 0.3) is 0 Å². The summed E-state index contributed by atoms with van der Waals surface area (Å²) in [5, 5.41) is 0. The number of hydrogen-bond donors (Lipinski definition) is 0. The summed E-state index contributed by atoms with van der Waals surface area (Å²) in [5.41, 5.74) is 1.90. The molecule has 138 valence electrons. The number of carbonyl (C=O) groups is 3. The van der Waals surface area contributed by atoms with Gasteiger partial charge in [0.1, 0.15) is 5.92 Å². The number of benzene rings is 2. The van der Waals surface area contributed by atoms with E-state index in [0.29, 0.717) is 17.9 Å². The largest absolute Gasteiger partial charge is 0.454 e. The highest BCUT2D eigenvalue weighted by atomic mass is 16.7. The van der Waals surface area contributed by atoms with Crippen LogP contribution in [0.4, 0.5) is 0 Å². The lowest BCUT2D eigenvalue weighted by Crippen LogP contribution is -2.38. The van der Waals surface area contributed by atoms with Crippen molar-refractivity contribution in [1.29, 1.82) is 0 Å². The molecule has 5 heteroatoms. The highest BCUT2D eigenvalue weighted by molar-refractivity contribution is 6.21. The van der Waals surface area contributed by atoms with E-state index in [1.54, 1.807) is 6.07 Å². The third-order valence-corrected chi connectivity index (χ3v) is 5.23. The Balaban J connectivity index is 1.42. The molecule has 1 fully saturated rings. The second-order valence-corrected chi connectivity index (χ2v) is 7.04. The monoisotopic (exact) mass is 364 g/mol. The average molecular weight is 364 g/mol. The summed E-state index contributed by atoms with van der Waals surface area (Å²) in [6.45, 7) is 0.180. The van der Waals surface area contributed by atoms with Crippen LogP contribution in [0, 0.1) is 5.92 Å². The Morgan fingerprint density at radius 1 is 0.926 bits per heavy atom. The molecular formula is C22H20O5. The summed E-state index contributed by atoms with van der Waals surface area (Å²) in [6.07, 6.45) is 1.16. The van der Waals surface area contributed by atoms with Crippen molar-refractivity contribution in [3.63, 3.8) is 0 Å². The first-order chi connectivity index (χ1) is 13.1. The Morgan fingerprint density at radius 2 is 1.63 bits per heavy atom. The Bertz CT molecular complexity index is 869. The van der Waals surface area contributed by atoms with Crippen molar-refractivity contribution in [3.8, 4) is 11.5 Å². The van der Waals surface area contributed by atoms with Crippen LogP contribution in [0.2, 0.25) is 0 Å². The third-order valence-electron chi connectivity index (χ3n) is 5.23. The number of carbonyl (C=O) groups excluding carboxylic acids is 3. The number of hydrogen-bond acceptors (Lipinski definition) is 5. The molecule has 4 rings (SSSR count). The minimum atomic E-state index is -1.10. The molecule has 0 radical (unpaired) electrons. The van der Waals surface area contributed by atoms with Crippen molar-refractivity contribution in [2.45, 2.75) is 31.6 Å². The molecule has 1 aliphatic heterocycles. The number of ether oxygens (including phenoxy) is 2. The fourth-order valence-corrected chi connectivity index (χ4v) is 3.79. The van der Waals surface area contributed by atoms with Crippen LogP contribution in [0.15, 0.2) is 48.5 Å². The molecule has 0 spiro atoms. The molecule has 2 aromatic carbocycles. The fraction of sp³-hybridized carbons (Fsp3) is 0.318. The summed E-state index contributed by atoms with van der Waals surface area (Å²) < 4.78 is 10.7. The normalized spacial score (nSPS) is 21.3. The summed E-state index contributed by atoms with van der Waals surface area (Å²) in [5.74, 6) is -0.816. The Hall–Kier alpha value is -2.95. The first-order valence-corrected chi connectivity index (χ1v) is 9.13. The molecule has 0 amide bonds. The van der Waals surface area contributed by atoms with Crippen molar-refractivity contribution in [3.05, 3.63) is 59.7 Å².